The Hall–Kier alpha value is -1.67. The van der Waals surface area contributed by atoms with Crippen LogP contribution in [0, 0.1) is 6.92 Å². The lowest BCUT2D eigenvalue weighted by Gasteiger charge is -2.13. The largest absolute Gasteiger partial charge is 0.494 e. The van der Waals surface area contributed by atoms with Crippen LogP contribution in [0.2, 0.25) is 0 Å². The smallest absolute Gasteiger partial charge is 0.123 e. The molecule has 0 spiro atoms. The zero-order valence-electron chi connectivity index (χ0n) is 11.9. The second-order valence-electron chi connectivity index (χ2n) is 4.67. The minimum Gasteiger partial charge on any atom is -0.494 e. The fourth-order valence-corrected chi connectivity index (χ4v) is 2.30. The summed E-state index contributed by atoms with van der Waals surface area (Å²) in [6.07, 6.45) is 0. The summed E-state index contributed by atoms with van der Waals surface area (Å²) in [5.74, 6) is 1.32. The molecule has 0 fully saturated rings. The maximum absolute atomic E-state index is 5.97. The number of nitrogens with one attached hydrogen (secondary N) is 1. The second kappa shape index (κ2) is 7.20. The van der Waals surface area contributed by atoms with Crippen molar-refractivity contribution in [1.29, 1.82) is 0 Å². The van der Waals surface area contributed by atoms with Gasteiger partial charge in [0.15, 0.2) is 0 Å². The van der Waals surface area contributed by atoms with Crippen molar-refractivity contribution < 1.29 is 4.74 Å². The lowest BCUT2D eigenvalue weighted by atomic mass is 10.1. The Morgan fingerprint density at radius 3 is 2.60 bits per heavy atom. The minimum atomic E-state index is 0.454. The second-order valence-corrected chi connectivity index (χ2v) is 4.94. The highest BCUT2D eigenvalue weighted by Gasteiger charge is 2.04. The molecule has 20 heavy (non-hydrogen) atoms. The first kappa shape index (κ1) is 14.7. The van der Waals surface area contributed by atoms with Crippen LogP contribution >= 0.6 is 11.6 Å². The van der Waals surface area contributed by atoms with Gasteiger partial charge in [-0.1, -0.05) is 24.3 Å². The molecule has 0 atom stereocenters. The molecule has 2 rings (SSSR count). The Bertz CT molecular complexity index is 569. The van der Waals surface area contributed by atoms with Crippen LogP contribution in [0.5, 0.6) is 5.75 Å². The Kier molecular flexibility index (Phi) is 5.31. The molecule has 2 aromatic carbocycles. The molecule has 0 aromatic heterocycles. The molecule has 0 saturated heterocycles. The summed E-state index contributed by atoms with van der Waals surface area (Å²) in [5, 5.41) is 3.43. The van der Waals surface area contributed by atoms with Gasteiger partial charge in [-0.05, 0) is 43.2 Å². The van der Waals surface area contributed by atoms with Crippen molar-refractivity contribution in [3.63, 3.8) is 0 Å². The van der Waals surface area contributed by atoms with Crippen molar-refractivity contribution in [2.45, 2.75) is 26.3 Å². The van der Waals surface area contributed by atoms with Crippen LogP contribution in [0.15, 0.2) is 42.5 Å². The molecule has 0 saturated carbocycles. The molecule has 2 aromatic rings. The van der Waals surface area contributed by atoms with E-state index in [0.29, 0.717) is 12.5 Å². The van der Waals surface area contributed by atoms with E-state index in [1.165, 1.54) is 11.1 Å². The van der Waals surface area contributed by atoms with E-state index in [4.69, 9.17) is 16.3 Å². The van der Waals surface area contributed by atoms with E-state index in [1.54, 1.807) is 0 Å². The highest BCUT2D eigenvalue weighted by Crippen LogP contribution is 2.25. The molecule has 0 bridgehead atoms. The van der Waals surface area contributed by atoms with Crippen LogP contribution in [0.25, 0.3) is 0 Å². The highest BCUT2D eigenvalue weighted by molar-refractivity contribution is 6.17. The summed E-state index contributed by atoms with van der Waals surface area (Å²) >= 11 is 5.97. The summed E-state index contributed by atoms with van der Waals surface area (Å²) < 4.78 is 5.55. The normalized spacial score (nSPS) is 10.3. The summed E-state index contributed by atoms with van der Waals surface area (Å²) in [6.45, 7) is 5.56. The molecular formula is C17H20ClNO. The average molecular weight is 290 g/mol. The zero-order chi connectivity index (χ0) is 14.4. The van der Waals surface area contributed by atoms with Crippen molar-refractivity contribution in [3.05, 3.63) is 59.2 Å². The number of halogens is 1. The molecule has 3 heteroatoms. The standard InChI is InChI=1S/C17H20ClNO/c1-3-20-17-9-8-16(10-15(17)11-18)19-12-14-7-5-4-6-13(14)2/h4-10,19H,3,11-12H2,1-2H3. The quantitative estimate of drug-likeness (QED) is 0.775. The summed E-state index contributed by atoms with van der Waals surface area (Å²) in [6, 6.07) is 14.4. The molecule has 0 radical (unpaired) electrons. The molecule has 0 amide bonds. The van der Waals surface area contributed by atoms with Gasteiger partial charge in [-0.3, -0.25) is 0 Å². The SMILES string of the molecule is CCOc1ccc(NCc2ccccc2C)cc1CCl. The predicted octanol–water partition coefficient (Wildman–Crippen LogP) is 4.74. The van der Waals surface area contributed by atoms with Gasteiger partial charge in [-0.25, -0.2) is 0 Å². The van der Waals surface area contributed by atoms with Crippen LogP contribution in [0.4, 0.5) is 5.69 Å². The first-order chi connectivity index (χ1) is 9.74. The van der Waals surface area contributed by atoms with Crippen molar-refractivity contribution in [1.82, 2.24) is 0 Å². The third-order valence-corrected chi connectivity index (χ3v) is 3.54. The Balaban J connectivity index is 2.08. The van der Waals surface area contributed by atoms with Gasteiger partial charge in [-0.2, -0.15) is 0 Å². The minimum absolute atomic E-state index is 0.454. The molecule has 106 valence electrons. The third-order valence-electron chi connectivity index (χ3n) is 3.25. The van der Waals surface area contributed by atoms with Crippen LogP contribution in [-0.4, -0.2) is 6.61 Å². The van der Waals surface area contributed by atoms with Crippen LogP contribution in [-0.2, 0) is 12.4 Å². The lowest BCUT2D eigenvalue weighted by Crippen LogP contribution is -2.02. The van der Waals surface area contributed by atoms with E-state index in [9.17, 15) is 0 Å². The Morgan fingerprint density at radius 2 is 1.90 bits per heavy atom. The van der Waals surface area contributed by atoms with Gasteiger partial charge < -0.3 is 10.1 Å². The molecule has 0 aliphatic rings. The van der Waals surface area contributed by atoms with Crippen molar-refractivity contribution in [2.75, 3.05) is 11.9 Å². The van der Waals surface area contributed by atoms with Gasteiger partial charge in [0, 0.05) is 17.8 Å². The monoisotopic (exact) mass is 289 g/mol. The lowest BCUT2D eigenvalue weighted by molar-refractivity contribution is 0.337. The van der Waals surface area contributed by atoms with Crippen LogP contribution in [0.1, 0.15) is 23.6 Å². The highest BCUT2D eigenvalue weighted by atomic mass is 35.5. The van der Waals surface area contributed by atoms with E-state index in [1.807, 2.05) is 19.1 Å². The van der Waals surface area contributed by atoms with Crippen molar-refractivity contribution in [2.24, 2.45) is 0 Å². The van der Waals surface area contributed by atoms with Crippen molar-refractivity contribution >= 4 is 17.3 Å². The molecule has 0 unspecified atom stereocenters. The zero-order valence-corrected chi connectivity index (χ0v) is 12.7. The van der Waals surface area contributed by atoms with Crippen LogP contribution < -0.4 is 10.1 Å². The fraction of sp³-hybridized carbons (Fsp3) is 0.294. The maximum Gasteiger partial charge on any atom is 0.123 e. The number of alkyl halides is 1. The number of aryl methyl sites for hydroxylation is 1. The van der Waals surface area contributed by atoms with E-state index >= 15 is 0 Å². The van der Waals surface area contributed by atoms with Crippen LogP contribution in [0.3, 0.4) is 0 Å². The summed E-state index contributed by atoms with van der Waals surface area (Å²) in [5.41, 5.74) is 4.67. The number of benzene rings is 2. The fourth-order valence-electron chi connectivity index (χ4n) is 2.10. The topological polar surface area (TPSA) is 21.3 Å². The van der Waals surface area contributed by atoms with Gasteiger partial charge >= 0.3 is 0 Å². The third kappa shape index (κ3) is 3.67. The number of anilines is 1. The maximum atomic E-state index is 5.97. The Labute approximate surface area is 125 Å². The van der Waals surface area contributed by atoms with Gasteiger partial charge in [0.05, 0.1) is 12.5 Å². The molecule has 0 heterocycles. The number of hydrogen-bond donors (Lipinski definition) is 1. The summed E-state index contributed by atoms with van der Waals surface area (Å²) in [7, 11) is 0. The molecule has 0 aliphatic heterocycles. The molecular weight excluding hydrogens is 270 g/mol. The van der Waals surface area contributed by atoms with Gasteiger partial charge in [-0.15, -0.1) is 11.6 Å². The van der Waals surface area contributed by atoms with E-state index in [-0.39, 0.29) is 0 Å². The first-order valence-corrected chi connectivity index (χ1v) is 7.38. The predicted molar refractivity (Wildman–Crippen MR) is 85.7 cm³/mol. The number of rotatable bonds is 6. The average Bonchev–Trinajstić information content (AvgIpc) is 2.48. The van der Waals surface area contributed by atoms with Gasteiger partial charge in [0.25, 0.3) is 0 Å². The van der Waals surface area contributed by atoms with E-state index in [0.717, 1.165) is 23.5 Å². The van der Waals surface area contributed by atoms with Gasteiger partial charge in [0.1, 0.15) is 5.75 Å². The summed E-state index contributed by atoms with van der Waals surface area (Å²) in [4.78, 5) is 0. The molecule has 2 nitrogen and oxygen atoms in total. The molecule has 0 aliphatic carbocycles. The van der Waals surface area contributed by atoms with Crippen molar-refractivity contribution in [3.8, 4) is 5.75 Å². The molecule has 1 N–H and O–H groups in total. The first-order valence-electron chi connectivity index (χ1n) is 6.84. The van der Waals surface area contributed by atoms with Gasteiger partial charge in [0.2, 0.25) is 0 Å². The van der Waals surface area contributed by atoms with E-state index < -0.39 is 0 Å². The number of ether oxygens (including phenoxy) is 1. The number of hydrogen-bond acceptors (Lipinski definition) is 2. The Morgan fingerprint density at radius 1 is 1.10 bits per heavy atom. The van der Waals surface area contributed by atoms with E-state index in [2.05, 4.69) is 42.6 Å².